The molecule has 0 spiro atoms. The maximum absolute atomic E-state index is 12.2. The van der Waals surface area contributed by atoms with Crippen LogP contribution in [-0.2, 0) is 4.79 Å². The summed E-state index contributed by atoms with van der Waals surface area (Å²) in [6.45, 7) is 8.98. The number of likely N-dealkylation sites (tertiary alicyclic amines) is 2. The molecular weight excluding hydrogens is 226 g/mol. The summed E-state index contributed by atoms with van der Waals surface area (Å²) < 4.78 is 0. The highest BCUT2D eigenvalue weighted by Gasteiger charge is 2.29. The largest absolute Gasteiger partial charge is 0.341 e. The Morgan fingerprint density at radius 2 is 1.89 bits per heavy atom. The predicted molar refractivity (Wildman–Crippen MR) is 73.2 cm³/mol. The molecule has 0 aromatic rings. The highest BCUT2D eigenvalue weighted by Crippen LogP contribution is 2.23. The lowest BCUT2D eigenvalue weighted by Crippen LogP contribution is -2.45. The minimum Gasteiger partial charge on any atom is -0.341 e. The van der Waals surface area contributed by atoms with E-state index in [9.17, 15) is 4.79 Å². The molecule has 1 unspecified atom stereocenters. The van der Waals surface area contributed by atoms with Gasteiger partial charge in [0.2, 0.25) is 5.91 Å². The fraction of sp³-hybridized carbons (Fsp3) is 0.929. The van der Waals surface area contributed by atoms with Gasteiger partial charge in [-0.2, -0.15) is 0 Å². The van der Waals surface area contributed by atoms with Crippen LogP contribution >= 0.6 is 0 Å². The predicted octanol–water partition coefficient (Wildman–Crippen LogP) is 0.914. The molecule has 1 amide bonds. The summed E-state index contributed by atoms with van der Waals surface area (Å²) in [5, 5.41) is 0. The Hall–Kier alpha value is -0.610. The van der Waals surface area contributed by atoms with Gasteiger partial charge in [0, 0.05) is 32.2 Å². The molecule has 0 saturated carbocycles. The molecule has 2 aliphatic rings. The van der Waals surface area contributed by atoms with Crippen LogP contribution in [0.1, 0.15) is 33.1 Å². The van der Waals surface area contributed by atoms with Gasteiger partial charge < -0.3 is 10.6 Å². The van der Waals surface area contributed by atoms with Crippen LogP contribution in [0.2, 0.25) is 0 Å². The summed E-state index contributed by atoms with van der Waals surface area (Å²) >= 11 is 0. The Labute approximate surface area is 110 Å². The van der Waals surface area contributed by atoms with Crippen molar-refractivity contribution in [1.82, 2.24) is 9.80 Å². The van der Waals surface area contributed by atoms with E-state index in [0.717, 1.165) is 39.0 Å². The van der Waals surface area contributed by atoms with Gasteiger partial charge in [-0.3, -0.25) is 9.69 Å². The second kappa shape index (κ2) is 6.02. The topological polar surface area (TPSA) is 49.6 Å². The highest BCUT2D eigenvalue weighted by atomic mass is 16.2. The van der Waals surface area contributed by atoms with E-state index in [4.69, 9.17) is 5.73 Å². The quantitative estimate of drug-likeness (QED) is 0.813. The minimum atomic E-state index is 0.314. The van der Waals surface area contributed by atoms with E-state index in [0.29, 0.717) is 30.3 Å². The molecule has 2 rings (SSSR count). The van der Waals surface area contributed by atoms with E-state index < -0.39 is 0 Å². The number of amides is 1. The molecule has 4 nitrogen and oxygen atoms in total. The molecule has 0 aromatic heterocycles. The van der Waals surface area contributed by atoms with Gasteiger partial charge in [-0.25, -0.2) is 0 Å². The zero-order valence-electron chi connectivity index (χ0n) is 11.8. The standard InChI is InChI=1S/C14H27N3O/c1-11(2)12-3-8-17(9-12)14(18)10-16-6-4-13(15)5-7-16/h11-13H,3-10,15H2,1-2H3. The second-order valence-electron chi connectivity index (χ2n) is 6.25. The van der Waals surface area contributed by atoms with E-state index >= 15 is 0 Å². The third kappa shape index (κ3) is 3.45. The number of carbonyl (C=O) groups excluding carboxylic acids is 1. The number of nitrogens with two attached hydrogens (primary N) is 1. The lowest BCUT2D eigenvalue weighted by atomic mass is 9.95. The summed E-state index contributed by atoms with van der Waals surface area (Å²) in [4.78, 5) is 16.5. The van der Waals surface area contributed by atoms with Crippen molar-refractivity contribution < 1.29 is 4.79 Å². The summed E-state index contributed by atoms with van der Waals surface area (Å²) in [7, 11) is 0. The Bertz CT molecular complexity index is 285. The maximum Gasteiger partial charge on any atom is 0.236 e. The smallest absolute Gasteiger partial charge is 0.236 e. The normalized spacial score (nSPS) is 27.1. The molecule has 2 heterocycles. The molecule has 18 heavy (non-hydrogen) atoms. The molecule has 4 heteroatoms. The Kier molecular flexibility index (Phi) is 4.62. The van der Waals surface area contributed by atoms with Gasteiger partial charge in [-0.1, -0.05) is 13.8 Å². The van der Waals surface area contributed by atoms with Crippen LogP contribution in [0.25, 0.3) is 0 Å². The zero-order chi connectivity index (χ0) is 13.1. The summed E-state index contributed by atoms with van der Waals surface area (Å²) in [6.07, 6.45) is 3.23. The van der Waals surface area contributed by atoms with Crippen LogP contribution in [0, 0.1) is 11.8 Å². The van der Waals surface area contributed by atoms with Crippen molar-refractivity contribution in [2.24, 2.45) is 17.6 Å². The van der Waals surface area contributed by atoms with Crippen molar-refractivity contribution in [3.05, 3.63) is 0 Å². The number of piperidine rings is 1. The van der Waals surface area contributed by atoms with Crippen LogP contribution in [0.4, 0.5) is 0 Å². The molecule has 2 aliphatic heterocycles. The Morgan fingerprint density at radius 1 is 1.22 bits per heavy atom. The Morgan fingerprint density at radius 3 is 2.44 bits per heavy atom. The molecule has 1 atom stereocenters. The van der Waals surface area contributed by atoms with Crippen LogP contribution in [0.5, 0.6) is 0 Å². The van der Waals surface area contributed by atoms with Crippen molar-refractivity contribution in [2.75, 3.05) is 32.7 Å². The van der Waals surface area contributed by atoms with Gasteiger partial charge in [-0.15, -0.1) is 0 Å². The molecule has 2 fully saturated rings. The minimum absolute atomic E-state index is 0.314. The molecule has 0 radical (unpaired) electrons. The van der Waals surface area contributed by atoms with Crippen LogP contribution in [0.3, 0.4) is 0 Å². The van der Waals surface area contributed by atoms with Gasteiger partial charge in [0.15, 0.2) is 0 Å². The first-order valence-corrected chi connectivity index (χ1v) is 7.32. The SMILES string of the molecule is CC(C)C1CCN(C(=O)CN2CCC(N)CC2)C1. The lowest BCUT2D eigenvalue weighted by molar-refractivity contribution is -0.131. The summed E-state index contributed by atoms with van der Waals surface area (Å²) in [6, 6.07) is 0.341. The summed E-state index contributed by atoms with van der Waals surface area (Å²) in [5.41, 5.74) is 5.88. The fourth-order valence-electron chi connectivity index (χ4n) is 2.96. The van der Waals surface area contributed by atoms with Gasteiger partial charge >= 0.3 is 0 Å². The average Bonchev–Trinajstić information content (AvgIpc) is 2.81. The van der Waals surface area contributed by atoms with Gasteiger partial charge in [-0.05, 0) is 31.1 Å². The first kappa shape index (κ1) is 13.8. The van der Waals surface area contributed by atoms with Crippen molar-refractivity contribution in [3.8, 4) is 0 Å². The monoisotopic (exact) mass is 253 g/mol. The number of rotatable bonds is 3. The van der Waals surface area contributed by atoms with Crippen molar-refractivity contribution in [1.29, 1.82) is 0 Å². The molecule has 104 valence electrons. The fourth-order valence-corrected chi connectivity index (χ4v) is 2.96. The van der Waals surface area contributed by atoms with Gasteiger partial charge in [0.25, 0.3) is 0 Å². The van der Waals surface area contributed by atoms with E-state index in [1.54, 1.807) is 0 Å². The zero-order valence-corrected chi connectivity index (χ0v) is 11.8. The number of carbonyl (C=O) groups is 1. The second-order valence-corrected chi connectivity index (χ2v) is 6.25. The van der Waals surface area contributed by atoms with Crippen molar-refractivity contribution in [2.45, 2.75) is 39.2 Å². The molecule has 0 aliphatic carbocycles. The number of hydrogen-bond acceptors (Lipinski definition) is 3. The molecular formula is C14H27N3O. The number of nitrogens with zero attached hydrogens (tertiary/aromatic N) is 2. The van der Waals surface area contributed by atoms with E-state index in [2.05, 4.69) is 23.6 Å². The third-order valence-electron chi connectivity index (χ3n) is 4.51. The van der Waals surface area contributed by atoms with Crippen LogP contribution in [-0.4, -0.2) is 54.5 Å². The van der Waals surface area contributed by atoms with Crippen LogP contribution in [0.15, 0.2) is 0 Å². The lowest BCUT2D eigenvalue weighted by Gasteiger charge is -2.30. The summed E-state index contributed by atoms with van der Waals surface area (Å²) in [5.74, 6) is 1.70. The van der Waals surface area contributed by atoms with Crippen molar-refractivity contribution >= 4 is 5.91 Å². The van der Waals surface area contributed by atoms with E-state index in [1.807, 2.05) is 0 Å². The maximum atomic E-state index is 12.2. The van der Waals surface area contributed by atoms with Crippen LogP contribution < -0.4 is 5.73 Å². The molecule has 0 bridgehead atoms. The number of hydrogen-bond donors (Lipinski definition) is 1. The highest BCUT2D eigenvalue weighted by molar-refractivity contribution is 5.78. The van der Waals surface area contributed by atoms with Crippen molar-refractivity contribution in [3.63, 3.8) is 0 Å². The van der Waals surface area contributed by atoms with E-state index in [-0.39, 0.29) is 0 Å². The van der Waals surface area contributed by atoms with E-state index in [1.165, 1.54) is 6.42 Å². The first-order chi connectivity index (χ1) is 8.56. The molecule has 2 N–H and O–H groups in total. The molecule has 0 aromatic carbocycles. The average molecular weight is 253 g/mol. The van der Waals surface area contributed by atoms with Gasteiger partial charge in [0.1, 0.15) is 0 Å². The third-order valence-corrected chi connectivity index (χ3v) is 4.51. The Balaban J connectivity index is 1.75. The molecule has 2 saturated heterocycles. The first-order valence-electron chi connectivity index (χ1n) is 7.32. The van der Waals surface area contributed by atoms with Gasteiger partial charge in [0.05, 0.1) is 6.54 Å².